The standard InChI is InChI=1S/C13H20O3.C2H6/c1-4-14-13(15-5-2)10-16-12-9-7-6-8-11(12)3;1-2/h6-9,13H,4-5,10H2,1-3H3;1-2H3. The predicted molar refractivity (Wildman–Crippen MR) is 75.1 cm³/mol. The molecule has 104 valence electrons. The molecule has 0 spiro atoms. The molecule has 0 bridgehead atoms. The van der Waals surface area contributed by atoms with E-state index in [0.29, 0.717) is 19.8 Å². The first-order chi connectivity index (χ1) is 8.77. The molecular formula is C15H26O3. The van der Waals surface area contributed by atoms with Crippen molar-refractivity contribution in [2.24, 2.45) is 0 Å². The molecule has 3 nitrogen and oxygen atoms in total. The Balaban J connectivity index is 0.00000137. The first kappa shape index (κ1) is 16.9. The van der Waals surface area contributed by atoms with Crippen LogP contribution in [-0.4, -0.2) is 26.1 Å². The summed E-state index contributed by atoms with van der Waals surface area (Å²) in [5.41, 5.74) is 1.12. The lowest BCUT2D eigenvalue weighted by Crippen LogP contribution is -2.25. The van der Waals surface area contributed by atoms with E-state index in [9.17, 15) is 0 Å². The molecule has 0 aliphatic carbocycles. The van der Waals surface area contributed by atoms with Crippen molar-refractivity contribution in [1.29, 1.82) is 0 Å². The molecular weight excluding hydrogens is 228 g/mol. The van der Waals surface area contributed by atoms with Gasteiger partial charge in [-0.25, -0.2) is 0 Å². The Bertz CT molecular complexity index is 294. The van der Waals surface area contributed by atoms with Crippen LogP contribution in [-0.2, 0) is 9.47 Å². The van der Waals surface area contributed by atoms with Gasteiger partial charge in [0.1, 0.15) is 12.4 Å². The minimum atomic E-state index is -0.283. The summed E-state index contributed by atoms with van der Waals surface area (Å²) in [6.45, 7) is 11.6. The van der Waals surface area contributed by atoms with Gasteiger partial charge in [0, 0.05) is 13.2 Å². The number of ether oxygens (including phenoxy) is 3. The fourth-order valence-electron chi connectivity index (χ4n) is 1.39. The van der Waals surface area contributed by atoms with Crippen molar-refractivity contribution in [3.63, 3.8) is 0 Å². The maximum Gasteiger partial charge on any atom is 0.191 e. The molecule has 0 aliphatic rings. The van der Waals surface area contributed by atoms with Crippen LogP contribution in [0.4, 0.5) is 0 Å². The average Bonchev–Trinajstić information content (AvgIpc) is 2.40. The van der Waals surface area contributed by atoms with Crippen LogP contribution in [0.1, 0.15) is 33.3 Å². The summed E-state index contributed by atoms with van der Waals surface area (Å²) >= 11 is 0. The van der Waals surface area contributed by atoms with Gasteiger partial charge in [0.15, 0.2) is 6.29 Å². The molecule has 1 aromatic carbocycles. The number of rotatable bonds is 7. The Morgan fingerprint density at radius 3 is 2.06 bits per heavy atom. The average molecular weight is 254 g/mol. The van der Waals surface area contributed by atoms with Gasteiger partial charge in [-0.05, 0) is 32.4 Å². The monoisotopic (exact) mass is 254 g/mol. The quantitative estimate of drug-likeness (QED) is 0.693. The molecule has 0 amide bonds. The first-order valence-corrected chi connectivity index (χ1v) is 6.69. The van der Waals surface area contributed by atoms with E-state index >= 15 is 0 Å². The third kappa shape index (κ3) is 6.62. The van der Waals surface area contributed by atoms with E-state index in [2.05, 4.69) is 0 Å². The number of aryl methyl sites for hydroxylation is 1. The summed E-state index contributed by atoms with van der Waals surface area (Å²) in [5.74, 6) is 0.881. The number of benzene rings is 1. The SMILES string of the molecule is CC.CCOC(COc1ccccc1C)OCC. The van der Waals surface area contributed by atoms with E-state index in [1.54, 1.807) is 0 Å². The third-order valence-electron chi connectivity index (χ3n) is 2.17. The summed E-state index contributed by atoms with van der Waals surface area (Å²) in [6.07, 6.45) is -0.283. The Hall–Kier alpha value is -1.06. The number of hydrogen-bond donors (Lipinski definition) is 0. The molecule has 3 heteroatoms. The number of para-hydroxylation sites is 1. The van der Waals surface area contributed by atoms with E-state index in [1.807, 2.05) is 58.9 Å². The summed E-state index contributed by atoms with van der Waals surface area (Å²) in [5, 5.41) is 0. The molecule has 0 aliphatic heterocycles. The zero-order valence-electron chi connectivity index (χ0n) is 12.2. The fourth-order valence-corrected chi connectivity index (χ4v) is 1.39. The molecule has 0 unspecified atom stereocenters. The molecule has 0 heterocycles. The lowest BCUT2D eigenvalue weighted by Gasteiger charge is -2.18. The van der Waals surface area contributed by atoms with Crippen molar-refractivity contribution in [3.8, 4) is 5.75 Å². The molecule has 0 aromatic heterocycles. The van der Waals surface area contributed by atoms with Crippen molar-refractivity contribution in [3.05, 3.63) is 29.8 Å². The summed E-state index contributed by atoms with van der Waals surface area (Å²) in [7, 11) is 0. The van der Waals surface area contributed by atoms with Gasteiger partial charge in [-0.3, -0.25) is 0 Å². The zero-order chi connectivity index (χ0) is 13.8. The van der Waals surface area contributed by atoms with Gasteiger partial charge in [-0.1, -0.05) is 32.0 Å². The normalized spacial score (nSPS) is 9.89. The van der Waals surface area contributed by atoms with E-state index in [0.717, 1.165) is 11.3 Å². The van der Waals surface area contributed by atoms with Crippen LogP contribution in [0.5, 0.6) is 5.75 Å². The highest BCUT2D eigenvalue weighted by Crippen LogP contribution is 2.16. The third-order valence-corrected chi connectivity index (χ3v) is 2.17. The molecule has 0 saturated heterocycles. The Morgan fingerprint density at radius 2 is 1.56 bits per heavy atom. The van der Waals surface area contributed by atoms with Crippen LogP contribution < -0.4 is 4.74 Å². The Kier molecular flexibility index (Phi) is 10.4. The van der Waals surface area contributed by atoms with Gasteiger partial charge in [-0.2, -0.15) is 0 Å². The molecule has 0 saturated carbocycles. The van der Waals surface area contributed by atoms with Crippen molar-refractivity contribution in [2.75, 3.05) is 19.8 Å². The largest absolute Gasteiger partial charge is 0.488 e. The highest BCUT2D eigenvalue weighted by molar-refractivity contribution is 5.31. The van der Waals surface area contributed by atoms with Gasteiger partial charge < -0.3 is 14.2 Å². The van der Waals surface area contributed by atoms with Gasteiger partial charge in [0.25, 0.3) is 0 Å². The van der Waals surface area contributed by atoms with Crippen LogP contribution >= 0.6 is 0 Å². The zero-order valence-corrected chi connectivity index (χ0v) is 12.2. The topological polar surface area (TPSA) is 27.7 Å². The van der Waals surface area contributed by atoms with E-state index in [-0.39, 0.29) is 6.29 Å². The maximum atomic E-state index is 5.65. The minimum Gasteiger partial charge on any atom is -0.488 e. The van der Waals surface area contributed by atoms with Gasteiger partial charge in [0.05, 0.1) is 0 Å². The molecule has 18 heavy (non-hydrogen) atoms. The Morgan fingerprint density at radius 1 is 1.00 bits per heavy atom. The van der Waals surface area contributed by atoms with Gasteiger partial charge >= 0.3 is 0 Å². The first-order valence-electron chi connectivity index (χ1n) is 6.69. The smallest absolute Gasteiger partial charge is 0.191 e. The Labute approximate surface area is 111 Å². The van der Waals surface area contributed by atoms with Crippen LogP contribution in [0.3, 0.4) is 0 Å². The van der Waals surface area contributed by atoms with Crippen LogP contribution in [0.15, 0.2) is 24.3 Å². The summed E-state index contributed by atoms with van der Waals surface area (Å²) in [6, 6.07) is 7.92. The van der Waals surface area contributed by atoms with Gasteiger partial charge in [-0.15, -0.1) is 0 Å². The molecule has 0 fully saturated rings. The van der Waals surface area contributed by atoms with Crippen molar-refractivity contribution in [1.82, 2.24) is 0 Å². The van der Waals surface area contributed by atoms with Crippen LogP contribution in [0.2, 0.25) is 0 Å². The highest BCUT2D eigenvalue weighted by atomic mass is 16.7. The van der Waals surface area contributed by atoms with Gasteiger partial charge in [0.2, 0.25) is 0 Å². The molecule has 0 N–H and O–H groups in total. The van der Waals surface area contributed by atoms with E-state index in [4.69, 9.17) is 14.2 Å². The molecule has 1 rings (SSSR count). The van der Waals surface area contributed by atoms with Crippen LogP contribution in [0, 0.1) is 6.92 Å². The van der Waals surface area contributed by atoms with Crippen molar-refractivity contribution < 1.29 is 14.2 Å². The molecule has 1 aromatic rings. The second-order valence-corrected chi connectivity index (χ2v) is 3.42. The van der Waals surface area contributed by atoms with E-state index in [1.165, 1.54) is 0 Å². The molecule has 0 atom stereocenters. The van der Waals surface area contributed by atoms with Crippen LogP contribution in [0.25, 0.3) is 0 Å². The molecule has 0 radical (unpaired) electrons. The van der Waals surface area contributed by atoms with Crippen molar-refractivity contribution in [2.45, 2.75) is 40.9 Å². The summed E-state index contributed by atoms with van der Waals surface area (Å²) in [4.78, 5) is 0. The van der Waals surface area contributed by atoms with Crippen molar-refractivity contribution >= 4 is 0 Å². The highest BCUT2D eigenvalue weighted by Gasteiger charge is 2.09. The predicted octanol–water partition coefficient (Wildman–Crippen LogP) is 3.80. The lowest BCUT2D eigenvalue weighted by atomic mass is 10.2. The fraction of sp³-hybridized carbons (Fsp3) is 0.600. The maximum absolute atomic E-state index is 5.65. The summed E-state index contributed by atoms with van der Waals surface area (Å²) < 4.78 is 16.4. The minimum absolute atomic E-state index is 0.283. The second-order valence-electron chi connectivity index (χ2n) is 3.42. The van der Waals surface area contributed by atoms with E-state index < -0.39 is 0 Å². The second kappa shape index (κ2) is 11.1. The lowest BCUT2D eigenvalue weighted by molar-refractivity contribution is -0.152. The number of hydrogen-bond acceptors (Lipinski definition) is 3.